The first-order chi connectivity index (χ1) is 8.96. The highest BCUT2D eigenvalue weighted by Gasteiger charge is 2.28. The Morgan fingerprint density at radius 3 is 2.84 bits per heavy atom. The molecule has 4 nitrogen and oxygen atoms in total. The number of nitrogens with zero attached hydrogens (tertiary/aromatic N) is 1. The van der Waals surface area contributed by atoms with Gasteiger partial charge in [0.2, 0.25) is 0 Å². The van der Waals surface area contributed by atoms with E-state index in [1.807, 2.05) is 24.3 Å². The zero-order valence-corrected chi connectivity index (χ0v) is 11.4. The Bertz CT molecular complexity index is 429. The van der Waals surface area contributed by atoms with Crippen LogP contribution in [0.3, 0.4) is 0 Å². The first kappa shape index (κ1) is 14.0. The van der Waals surface area contributed by atoms with Crippen LogP contribution in [0.15, 0.2) is 41.4 Å². The highest BCUT2D eigenvalue weighted by molar-refractivity contribution is 5.83. The molecular formula is C15H21NO3. The van der Waals surface area contributed by atoms with E-state index in [9.17, 15) is 10.2 Å². The number of aliphatic hydroxyl groups excluding tert-OH is 1. The van der Waals surface area contributed by atoms with Crippen molar-refractivity contribution in [2.24, 2.45) is 10.9 Å². The van der Waals surface area contributed by atoms with Gasteiger partial charge in [0.1, 0.15) is 6.61 Å². The number of hydrogen-bond donors (Lipinski definition) is 2. The number of hydrogen-bond acceptors (Lipinski definition) is 4. The molecule has 0 aromatic rings. The van der Waals surface area contributed by atoms with Gasteiger partial charge < -0.3 is 14.9 Å². The predicted molar refractivity (Wildman–Crippen MR) is 75.0 cm³/mol. The van der Waals surface area contributed by atoms with E-state index in [-0.39, 0.29) is 12.0 Å². The monoisotopic (exact) mass is 263 g/mol. The minimum Gasteiger partial charge on any atom is -0.478 e. The van der Waals surface area contributed by atoms with E-state index in [2.05, 4.69) is 4.99 Å². The molecule has 104 valence electrons. The smallest absolute Gasteiger partial charge is 0.193 e. The zero-order chi connectivity index (χ0) is 13.9. The first-order valence-electron chi connectivity index (χ1n) is 6.59. The SMILES string of the molecule is CC(C)(O)/C=C/C[C@@H]1COC(C2C=CC=CC2O)=N1. The Labute approximate surface area is 113 Å². The molecule has 0 aromatic heterocycles. The van der Waals surface area contributed by atoms with Gasteiger partial charge in [0, 0.05) is 0 Å². The number of allylic oxidation sites excluding steroid dienone is 2. The molecule has 0 aromatic carbocycles. The molecule has 0 radical (unpaired) electrons. The minimum absolute atomic E-state index is 0.0695. The molecule has 2 aliphatic rings. The second-order valence-corrected chi connectivity index (χ2v) is 5.51. The third-order valence-corrected chi connectivity index (χ3v) is 3.06. The summed E-state index contributed by atoms with van der Waals surface area (Å²) in [7, 11) is 0. The van der Waals surface area contributed by atoms with E-state index in [4.69, 9.17) is 4.74 Å². The maximum absolute atomic E-state index is 9.85. The van der Waals surface area contributed by atoms with E-state index in [1.165, 1.54) is 0 Å². The number of rotatable bonds is 4. The lowest BCUT2D eigenvalue weighted by atomic mass is 9.97. The Balaban J connectivity index is 1.92. The fourth-order valence-corrected chi connectivity index (χ4v) is 2.08. The maximum atomic E-state index is 9.85. The average molecular weight is 263 g/mol. The van der Waals surface area contributed by atoms with Crippen LogP contribution in [0.25, 0.3) is 0 Å². The molecule has 0 saturated heterocycles. The summed E-state index contributed by atoms with van der Waals surface area (Å²) in [6.45, 7) is 4.00. The van der Waals surface area contributed by atoms with Gasteiger partial charge in [-0.05, 0) is 20.3 Å². The van der Waals surface area contributed by atoms with Crippen LogP contribution < -0.4 is 0 Å². The van der Waals surface area contributed by atoms with E-state index >= 15 is 0 Å². The summed E-state index contributed by atoms with van der Waals surface area (Å²) in [5.41, 5.74) is -0.793. The highest BCUT2D eigenvalue weighted by Crippen LogP contribution is 2.21. The van der Waals surface area contributed by atoms with Gasteiger partial charge in [-0.2, -0.15) is 0 Å². The van der Waals surface area contributed by atoms with Crippen LogP contribution in [0, 0.1) is 5.92 Å². The molecule has 2 N–H and O–H groups in total. The average Bonchev–Trinajstić information content (AvgIpc) is 2.76. The quantitative estimate of drug-likeness (QED) is 0.757. The molecule has 0 amide bonds. The molecule has 2 unspecified atom stereocenters. The Morgan fingerprint density at radius 1 is 1.42 bits per heavy atom. The molecule has 2 rings (SSSR count). The molecule has 0 fully saturated rings. The molecule has 0 saturated carbocycles. The van der Waals surface area contributed by atoms with Crippen molar-refractivity contribution in [1.82, 2.24) is 0 Å². The standard InChI is InChI=1S/C15H21NO3/c1-15(2,18)9-5-6-11-10-19-14(16-11)12-7-3-4-8-13(12)17/h3-5,7-9,11-13,17-18H,6,10H2,1-2H3/b9-5+/t11-,12?,13?/m1/s1. The van der Waals surface area contributed by atoms with Crippen LogP contribution in [0.1, 0.15) is 20.3 Å². The van der Waals surface area contributed by atoms with Crippen molar-refractivity contribution in [1.29, 1.82) is 0 Å². The van der Waals surface area contributed by atoms with Gasteiger partial charge in [0.15, 0.2) is 5.90 Å². The second-order valence-electron chi connectivity index (χ2n) is 5.51. The molecule has 1 aliphatic carbocycles. The van der Waals surface area contributed by atoms with E-state index < -0.39 is 11.7 Å². The van der Waals surface area contributed by atoms with Gasteiger partial charge in [0.25, 0.3) is 0 Å². The largest absolute Gasteiger partial charge is 0.478 e. The van der Waals surface area contributed by atoms with Gasteiger partial charge in [-0.3, -0.25) is 0 Å². The normalized spacial score (nSPS) is 30.7. The molecule has 19 heavy (non-hydrogen) atoms. The highest BCUT2D eigenvalue weighted by atomic mass is 16.5. The van der Waals surface area contributed by atoms with Crippen LogP contribution in [0.5, 0.6) is 0 Å². The summed E-state index contributed by atoms with van der Waals surface area (Å²) < 4.78 is 5.57. The molecule has 3 atom stereocenters. The number of aliphatic imine (C=N–C) groups is 1. The van der Waals surface area contributed by atoms with Gasteiger partial charge in [-0.15, -0.1) is 0 Å². The summed E-state index contributed by atoms with van der Waals surface area (Å²) >= 11 is 0. The lowest BCUT2D eigenvalue weighted by molar-refractivity contribution is 0.132. The summed E-state index contributed by atoms with van der Waals surface area (Å²) in [5.74, 6) is 0.433. The minimum atomic E-state index is -0.793. The fraction of sp³-hybridized carbons (Fsp3) is 0.533. The molecule has 0 spiro atoms. The van der Waals surface area contributed by atoms with Crippen LogP contribution in [-0.2, 0) is 4.74 Å². The summed E-state index contributed by atoms with van der Waals surface area (Å²) in [6.07, 6.45) is 11.2. The maximum Gasteiger partial charge on any atom is 0.193 e. The summed E-state index contributed by atoms with van der Waals surface area (Å²) in [4.78, 5) is 4.50. The van der Waals surface area contributed by atoms with Crippen molar-refractivity contribution >= 4 is 5.90 Å². The summed E-state index contributed by atoms with van der Waals surface area (Å²) in [5, 5.41) is 19.4. The Hall–Kier alpha value is -1.39. The topological polar surface area (TPSA) is 62.0 Å². The van der Waals surface area contributed by atoms with Gasteiger partial charge in [0.05, 0.1) is 23.7 Å². The van der Waals surface area contributed by atoms with Crippen LogP contribution in [0.4, 0.5) is 0 Å². The second kappa shape index (κ2) is 5.72. The van der Waals surface area contributed by atoms with E-state index in [1.54, 1.807) is 26.0 Å². The fourth-order valence-electron chi connectivity index (χ4n) is 2.08. The number of aliphatic hydroxyl groups is 2. The molecular weight excluding hydrogens is 242 g/mol. The van der Waals surface area contributed by atoms with Gasteiger partial charge in [-0.25, -0.2) is 4.99 Å². The molecule has 1 heterocycles. The van der Waals surface area contributed by atoms with Crippen LogP contribution in [0.2, 0.25) is 0 Å². The van der Waals surface area contributed by atoms with Crippen molar-refractivity contribution in [2.75, 3.05) is 6.61 Å². The van der Waals surface area contributed by atoms with Gasteiger partial charge in [-0.1, -0.05) is 36.5 Å². The Morgan fingerprint density at radius 2 is 2.16 bits per heavy atom. The van der Waals surface area contributed by atoms with Crippen LogP contribution in [-0.4, -0.2) is 40.5 Å². The van der Waals surface area contributed by atoms with Crippen molar-refractivity contribution in [3.8, 4) is 0 Å². The van der Waals surface area contributed by atoms with Crippen molar-refractivity contribution in [2.45, 2.75) is 38.0 Å². The van der Waals surface area contributed by atoms with E-state index in [0.717, 1.165) is 6.42 Å². The zero-order valence-electron chi connectivity index (χ0n) is 11.4. The van der Waals surface area contributed by atoms with Gasteiger partial charge >= 0.3 is 0 Å². The summed E-state index contributed by atoms with van der Waals surface area (Å²) in [6, 6.07) is 0.0695. The molecule has 0 bridgehead atoms. The lowest BCUT2D eigenvalue weighted by Gasteiger charge is -2.18. The van der Waals surface area contributed by atoms with Crippen molar-refractivity contribution < 1.29 is 14.9 Å². The predicted octanol–water partition coefficient (Wildman–Crippen LogP) is 1.60. The van der Waals surface area contributed by atoms with Crippen molar-refractivity contribution in [3.63, 3.8) is 0 Å². The first-order valence-corrected chi connectivity index (χ1v) is 6.59. The third-order valence-electron chi connectivity index (χ3n) is 3.06. The molecule has 4 heteroatoms. The van der Waals surface area contributed by atoms with Crippen LogP contribution >= 0.6 is 0 Å². The van der Waals surface area contributed by atoms with Crippen molar-refractivity contribution in [3.05, 3.63) is 36.5 Å². The lowest BCUT2D eigenvalue weighted by Crippen LogP contribution is -2.26. The molecule has 1 aliphatic heterocycles. The third kappa shape index (κ3) is 4.04. The number of ether oxygens (including phenoxy) is 1. The Kier molecular flexibility index (Phi) is 4.22. The van der Waals surface area contributed by atoms with E-state index in [0.29, 0.717) is 12.5 Å².